The Hall–Kier alpha value is -3.67. The number of morpholine rings is 1. The summed E-state index contributed by atoms with van der Waals surface area (Å²) in [4.78, 5) is 19.7. The Morgan fingerprint density at radius 2 is 1.80 bits per heavy atom. The summed E-state index contributed by atoms with van der Waals surface area (Å²) in [7, 11) is 2.01. The molecule has 2 saturated heterocycles. The number of halogens is 4. The van der Waals surface area contributed by atoms with Gasteiger partial charge in [-0.1, -0.05) is 30.8 Å². The predicted octanol–water partition coefficient (Wildman–Crippen LogP) is 4.50. The van der Waals surface area contributed by atoms with E-state index in [1.807, 2.05) is 7.05 Å². The monoisotopic (exact) mass is 571 g/mol. The van der Waals surface area contributed by atoms with E-state index in [4.69, 9.17) is 4.74 Å². The molecule has 7 nitrogen and oxygen atoms in total. The van der Waals surface area contributed by atoms with Crippen molar-refractivity contribution in [1.29, 1.82) is 0 Å². The van der Waals surface area contributed by atoms with Crippen molar-refractivity contribution >= 4 is 17.3 Å². The first-order valence-electron chi connectivity index (χ1n) is 13.5. The van der Waals surface area contributed by atoms with E-state index in [9.17, 15) is 18.0 Å². The Morgan fingerprint density at radius 3 is 2.51 bits per heavy atom. The lowest BCUT2D eigenvalue weighted by atomic mass is 9.99. The molecule has 5 rings (SSSR count). The van der Waals surface area contributed by atoms with Crippen LogP contribution in [0.4, 0.5) is 28.9 Å². The molecule has 0 aromatic heterocycles. The molecule has 11 heteroatoms. The highest BCUT2D eigenvalue weighted by Crippen LogP contribution is 2.37. The number of carbonyl (C=O) groups excluding carboxylic acids is 1. The van der Waals surface area contributed by atoms with Crippen LogP contribution in [0.15, 0.2) is 72.1 Å². The van der Waals surface area contributed by atoms with Crippen LogP contribution in [-0.2, 0) is 16.1 Å². The van der Waals surface area contributed by atoms with Gasteiger partial charge in [-0.05, 0) is 30.8 Å². The summed E-state index contributed by atoms with van der Waals surface area (Å²) in [5.41, 5.74) is 0.750. The minimum Gasteiger partial charge on any atom is -0.379 e. The number of rotatable bonds is 6. The van der Waals surface area contributed by atoms with Crippen LogP contribution in [-0.4, -0.2) is 81.4 Å². The fourth-order valence-electron chi connectivity index (χ4n) is 5.20. The standard InChI is InChI=1S/C30H33F4N5O2/c1-20-16-25(30(32,33)34)24(18-35-20)29(40)36-26-17-21(6-7-27(26)39-10-8-37(2)9-11-39)23-5-3-4-22(28(23)31)19-38-12-14-41-15-13-38/h3-7,16-18,35H,1,8-15,19H2,2H3,(H,36,40). The van der Waals surface area contributed by atoms with Crippen LogP contribution < -0.4 is 15.5 Å². The number of likely N-dealkylation sites (N-methyl/N-ethyl adjacent to an activating group) is 1. The van der Waals surface area contributed by atoms with E-state index in [1.54, 1.807) is 36.4 Å². The zero-order chi connectivity index (χ0) is 29.1. The second-order valence-corrected chi connectivity index (χ2v) is 10.4. The number of anilines is 2. The number of hydrogen-bond donors (Lipinski definition) is 2. The average molecular weight is 572 g/mol. The molecule has 0 atom stereocenters. The van der Waals surface area contributed by atoms with Crippen LogP contribution in [0.5, 0.6) is 0 Å². The molecule has 41 heavy (non-hydrogen) atoms. The lowest BCUT2D eigenvalue weighted by Crippen LogP contribution is -2.44. The molecule has 0 spiro atoms. The molecular formula is C30H33F4N5O2. The van der Waals surface area contributed by atoms with Crippen LogP contribution in [0.2, 0.25) is 0 Å². The van der Waals surface area contributed by atoms with Crippen LogP contribution in [0.3, 0.4) is 0 Å². The molecule has 0 aliphatic carbocycles. The van der Waals surface area contributed by atoms with E-state index in [0.717, 1.165) is 25.4 Å². The highest BCUT2D eigenvalue weighted by molar-refractivity contribution is 6.09. The summed E-state index contributed by atoms with van der Waals surface area (Å²) >= 11 is 0. The third kappa shape index (κ3) is 6.64. The van der Waals surface area contributed by atoms with Crippen LogP contribution in [0.1, 0.15) is 5.56 Å². The molecule has 2 aromatic rings. The summed E-state index contributed by atoms with van der Waals surface area (Å²) in [6.45, 7) is 9.48. The minimum absolute atomic E-state index is 0.0291. The Bertz CT molecular complexity index is 1370. The van der Waals surface area contributed by atoms with Gasteiger partial charge in [0.15, 0.2) is 0 Å². The van der Waals surface area contributed by atoms with Crippen molar-refractivity contribution < 1.29 is 27.1 Å². The quantitative estimate of drug-likeness (QED) is 0.498. The van der Waals surface area contributed by atoms with E-state index in [2.05, 4.69) is 31.9 Å². The molecule has 0 bridgehead atoms. The second-order valence-electron chi connectivity index (χ2n) is 10.4. The Labute approximate surface area is 236 Å². The summed E-state index contributed by atoms with van der Waals surface area (Å²) < 4.78 is 62.5. The number of allylic oxidation sites excluding steroid dienone is 1. The first-order valence-corrected chi connectivity index (χ1v) is 13.5. The van der Waals surface area contributed by atoms with Crippen molar-refractivity contribution in [1.82, 2.24) is 15.1 Å². The smallest absolute Gasteiger partial charge is 0.379 e. The molecule has 0 saturated carbocycles. The molecule has 2 fully saturated rings. The van der Waals surface area contributed by atoms with Crippen molar-refractivity contribution in [2.45, 2.75) is 12.7 Å². The Kier molecular flexibility index (Phi) is 8.48. The lowest BCUT2D eigenvalue weighted by Gasteiger charge is -2.35. The largest absolute Gasteiger partial charge is 0.417 e. The highest BCUT2D eigenvalue weighted by atomic mass is 19.4. The Morgan fingerprint density at radius 1 is 1.07 bits per heavy atom. The van der Waals surface area contributed by atoms with Gasteiger partial charge >= 0.3 is 6.18 Å². The maximum atomic E-state index is 15.8. The fraction of sp³-hybridized carbons (Fsp3) is 0.367. The van der Waals surface area contributed by atoms with Crippen molar-refractivity contribution in [3.63, 3.8) is 0 Å². The van der Waals surface area contributed by atoms with Gasteiger partial charge in [0.2, 0.25) is 0 Å². The van der Waals surface area contributed by atoms with Crippen LogP contribution >= 0.6 is 0 Å². The second kappa shape index (κ2) is 12.1. The molecule has 3 heterocycles. The number of ether oxygens (including phenoxy) is 1. The topological polar surface area (TPSA) is 60.1 Å². The average Bonchev–Trinajstić information content (AvgIpc) is 2.95. The molecule has 3 aliphatic heterocycles. The zero-order valence-electron chi connectivity index (χ0n) is 22.9. The number of nitrogens with one attached hydrogen (secondary N) is 2. The van der Waals surface area contributed by atoms with Gasteiger partial charge in [-0.15, -0.1) is 0 Å². The third-order valence-corrected chi connectivity index (χ3v) is 7.54. The molecule has 0 unspecified atom stereocenters. The zero-order valence-corrected chi connectivity index (χ0v) is 22.9. The summed E-state index contributed by atoms with van der Waals surface area (Å²) in [6, 6.07) is 10.4. The minimum atomic E-state index is -4.75. The summed E-state index contributed by atoms with van der Waals surface area (Å²) in [5.74, 6) is -1.30. The van der Waals surface area contributed by atoms with Gasteiger partial charge in [-0.25, -0.2) is 4.39 Å². The molecule has 0 radical (unpaired) electrons. The molecule has 218 valence electrons. The molecule has 1 amide bonds. The summed E-state index contributed by atoms with van der Waals surface area (Å²) in [5, 5.41) is 5.30. The maximum absolute atomic E-state index is 15.8. The van der Waals surface area contributed by atoms with E-state index < -0.39 is 23.2 Å². The number of hydrogen-bond acceptors (Lipinski definition) is 6. The SMILES string of the molecule is C=C1C=C(C(F)(F)F)C(C(=O)Nc2cc(-c3cccc(CN4CCOCC4)c3F)ccc2N2CCN(C)CC2)=CN1. The van der Waals surface area contributed by atoms with Gasteiger partial charge in [-0.3, -0.25) is 9.69 Å². The number of nitrogens with zero attached hydrogens (tertiary/aromatic N) is 3. The van der Waals surface area contributed by atoms with Crippen LogP contribution in [0.25, 0.3) is 11.1 Å². The van der Waals surface area contributed by atoms with E-state index >= 15 is 4.39 Å². The Balaban J connectivity index is 1.48. The van der Waals surface area contributed by atoms with Crippen LogP contribution in [0, 0.1) is 5.82 Å². The lowest BCUT2D eigenvalue weighted by molar-refractivity contribution is -0.115. The number of benzene rings is 2. The normalized spacial score (nSPS) is 19.0. The van der Waals surface area contributed by atoms with Gasteiger partial charge < -0.3 is 25.2 Å². The van der Waals surface area contributed by atoms with Crippen molar-refractivity contribution in [2.75, 3.05) is 69.7 Å². The number of piperazine rings is 1. The van der Waals surface area contributed by atoms with Gasteiger partial charge in [-0.2, -0.15) is 13.2 Å². The first-order chi connectivity index (χ1) is 19.6. The molecule has 3 aliphatic rings. The number of amides is 1. The van der Waals surface area contributed by atoms with E-state index in [0.29, 0.717) is 74.0 Å². The van der Waals surface area contributed by atoms with E-state index in [1.165, 1.54) is 0 Å². The number of alkyl halides is 3. The van der Waals surface area contributed by atoms with Crippen molar-refractivity contribution in [3.8, 4) is 11.1 Å². The third-order valence-electron chi connectivity index (χ3n) is 7.54. The van der Waals surface area contributed by atoms with Crippen molar-refractivity contribution in [3.05, 3.63) is 83.5 Å². The molecule has 2 aromatic carbocycles. The number of carbonyl (C=O) groups is 1. The molecular weight excluding hydrogens is 538 g/mol. The predicted molar refractivity (Wildman–Crippen MR) is 151 cm³/mol. The first kappa shape index (κ1) is 28.8. The van der Waals surface area contributed by atoms with Gasteiger partial charge in [0.05, 0.1) is 35.7 Å². The van der Waals surface area contributed by atoms with Crippen molar-refractivity contribution in [2.24, 2.45) is 0 Å². The van der Waals surface area contributed by atoms with Gasteiger partial charge in [0.1, 0.15) is 5.82 Å². The van der Waals surface area contributed by atoms with E-state index in [-0.39, 0.29) is 11.5 Å². The summed E-state index contributed by atoms with van der Waals surface area (Å²) in [6.07, 6.45) is -2.93. The maximum Gasteiger partial charge on any atom is 0.417 e. The van der Waals surface area contributed by atoms with Gasteiger partial charge in [0, 0.05) is 68.8 Å². The molecule has 2 N–H and O–H groups in total. The fourth-order valence-corrected chi connectivity index (χ4v) is 5.20. The highest BCUT2D eigenvalue weighted by Gasteiger charge is 2.40. The van der Waals surface area contributed by atoms with Gasteiger partial charge in [0.25, 0.3) is 5.91 Å². The number of dihydropyridines is 1.